The fourth-order valence-electron chi connectivity index (χ4n) is 8.84. The van der Waals surface area contributed by atoms with Gasteiger partial charge >= 0.3 is 0 Å². The van der Waals surface area contributed by atoms with E-state index in [2.05, 4.69) is 217 Å². The Hall–Kier alpha value is -8.34. The predicted octanol–water partition coefficient (Wildman–Crippen LogP) is 15.7. The molecule has 4 heteroatoms. The van der Waals surface area contributed by atoms with E-state index in [1.165, 1.54) is 49.6 Å². The minimum absolute atomic E-state index is 0.717. The Morgan fingerprint density at radius 2 is 0.857 bits per heavy atom. The second kappa shape index (κ2) is 16.3. The molecule has 0 atom stereocenters. The maximum absolute atomic E-state index is 5.03. The van der Waals surface area contributed by atoms with Gasteiger partial charge in [0.1, 0.15) is 0 Å². The van der Waals surface area contributed by atoms with Crippen molar-refractivity contribution < 1.29 is 0 Å². The van der Waals surface area contributed by atoms with Crippen molar-refractivity contribution in [1.29, 1.82) is 0 Å². The Balaban J connectivity index is 0.887. The van der Waals surface area contributed by atoms with Crippen LogP contribution in [0.4, 0.5) is 17.1 Å². The zero-order chi connectivity index (χ0) is 42.1. The van der Waals surface area contributed by atoms with Gasteiger partial charge in [-0.2, -0.15) is 0 Å². The predicted molar refractivity (Wildman–Crippen MR) is 263 cm³/mol. The maximum atomic E-state index is 5.03. The maximum Gasteiger partial charge on any atom is 0.160 e. The minimum Gasteiger partial charge on any atom is -0.310 e. The molecule has 0 unspecified atom stereocenters. The highest BCUT2D eigenvalue weighted by molar-refractivity contribution is 6.10. The Morgan fingerprint density at radius 1 is 0.349 bits per heavy atom. The van der Waals surface area contributed by atoms with Crippen LogP contribution in [0.1, 0.15) is 5.56 Å². The van der Waals surface area contributed by atoms with Crippen LogP contribution in [-0.2, 0) is 0 Å². The molecule has 9 aromatic carbocycles. The monoisotopic (exact) mass is 806 g/mol. The number of hydrogen-bond donors (Lipinski definition) is 0. The summed E-state index contributed by atoms with van der Waals surface area (Å²) in [4.78, 5) is 12.3. The molecule has 2 heterocycles. The molecule has 0 radical (unpaired) electrons. The number of aromatic nitrogens is 3. The van der Waals surface area contributed by atoms with Crippen molar-refractivity contribution >= 4 is 38.9 Å². The lowest BCUT2D eigenvalue weighted by Gasteiger charge is -2.25. The van der Waals surface area contributed by atoms with Crippen LogP contribution in [0.2, 0.25) is 0 Å². The van der Waals surface area contributed by atoms with Crippen molar-refractivity contribution in [3.63, 3.8) is 0 Å². The fraction of sp³-hybridized carbons (Fsp3) is 0.0169. The summed E-state index contributed by atoms with van der Waals surface area (Å²) >= 11 is 0. The van der Waals surface area contributed by atoms with E-state index in [0.29, 0.717) is 5.82 Å². The first-order valence-corrected chi connectivity index (χ1v) is 21.4. The van der Waals surface area contributed by atoms with Gasteiger partial charge in [0.2, 0.25) is 0 Å². The summed E-state index contributed by atoms with van der Waals surface area (Å²) in [5.74, 6) is 0.717. The van der Waals surface area contributed by atoms with E-state index in [4.69, 9.17) is 9.97 Å². The molecule has 0 fully saturated rings. The number of benzene rings is 9. The number of fused-ring (bicyclic) bond motifs is 3. The third-order valence-electron chi connectivity index (χ3n) is 11.9. The molecule has 0 aliphatic heterocycles. The van der Waals surface area contributed by atoms with Crippen LogP contribution in [0, 0.1) is 6.92 Å². The topological polar surface area (TPSA) is 34.0 Å². The Labute approximate surface area is 367 Å². The molecule has 298 valence electrons. The molecular formula is C59H42N4. The number of hydrogen-bond acceptors (Lipinski definition) is 3. The van der Waals surface area contributed by atoms with E-state index < -0.39 is 0 Å². The lowest BCUT2D eigenvalue weighted by molar-refractivity contribution is 1.18. The molecule has 0 bridgehead atoms. The fourth-order valence-corrected chi connectivity index (χ4v) is 8.84. The lowest BCUT2D eigenvalue weighted by Crippen LogP contribution is -2.09. The largest absolute Gasteiger partial charge is 0.310 e. The first kappa shape index (κ1) is 37.6. The molecule has 4 nitrogen and oxygen atoms in total. The molecule has 2 aromatic heterocycles. The average molecular weight is 807 g/mol. The highest BCUT2D eigenvalue weighted by Crippen LogP contribution is 2.40. The normalized spacial score (nSPS) is 11.3. The number of para-hydroxylation sites is 3. The van der Waals surface area contributed by atoms with E-state index in [0.717, 1.165) is 50.8 Å². The van der Waals surface area contributed by atoms with Gasteiger partial charge < -0.3 is 9.47 Å². The van der Waals surface area contributed by atoms with Gasteiger partial charge in [-0.15, -0.1) is 0 Å². The Morgan fingerprint density at radius 3 is 1.49 bits per heavy atom. The van der Waals surface area contributed by atoms with Crippen molar-refractivity contribution in [1.82, 2.24) is 14.5 Å². The van der Waals surface area contributed by atoms with Gasteiger partial charge in [-0.25, -0.2) is 9.97 Å². The summed E-state index contributed by atoms with van der Waals surface area (Å²) < 4.78 is 2.39. The smallest absolute Gasteiger partial charge is 0.160 e. The van der Waals surface area contributed by atoms with Crippen LogP contribution in [0.25, 0.3) is 83.6 Å². The second-order valence-electron chi connectivity index (χ2n) is 15.9. The molecule has 11 rings (SSSR count). The zero-order valence-electron chi connectivity index (χ0n) is 34.8. The van der Waals surface area contributed by atoms with Crippen LogP contribution >= 0.6 is 0 Å². The summed E-state index contributed by atoms with van der Waals surface area (Å²) in [5.41, 5.74) is 17.7. The van der Waals surface area contributed by atoms with E-state index in [1.807, 2.05) is 36.4 Å². The van der Waals surface area contributed by atoms with Gasteiger partial charge in [0.05, 0.1) is 22.4 Å². The summed E-state index contributed by atoms with van der Waals surface area (Å²) in [6.07, 6.45) is 0. The van der Waals surface area contributed by atoms with Gasteiger partial charge in [0, 0.05) is 50.2 Å². The van der Waals surface area contributed by atoms with Gasteiger partial charge in [-0.05, 0) is 101 Å². The summed E-state index contributed by atoms with van der Waals surface area (Å²) in [7, 11) is 0. The Kier molecular flexibility index (Phi) is 9.72. The Bertz CT molecular complexity index is 3260. The molecule has 0 saturated heterocycles. The van der Waals surface area contributed by atoms with Gasteiger partial charge in [-0.3, -0.25) is 0 Å². The molecule has 0 N–H and O–H groups in total. The van der Waals surface area contributed by atoms with Crippen LogP contribution in [0.3, 0.4) is 0 Å². The molecule has 0 aliphatic carbocycles. The average Bonchev–Trinajstić information content (AvgIpc) is 3.69. The molecule has 0 saturated carbocycles. The summed E-state index contributed by atoms with van der Waals surface area (Å²) in [6, 6.07) is 83.9. The number of anilines is 3. The van der Waals surface area contributed by atoms with Crippen molar-refractivity contribution in [2.75, 3.05) is 4.90 Å². The molecule has 0 aliphatic rings. The quantitative estimate of drug-likeness (QED) is 0.146. The third-order valence-corrected chi connectivity index (χ3v) is 11.9. The van der Waals surface area contributed by atoms with Crippen LogP contribution in [0.5, 0.6) is 0 Å². The standard InChI is InChI=1S/C59H42N4/c1-41-38-47(32-36-52(41)43-26-28-45(29-27-43)56-40-55(44-16-6-2-7-17-44)60-59(61-56)46-18-8-3-9-19-46)42-30-33-50(34-31-42)63-57-25-15-14-24-53(57)54-39-51(35-37-58(54)63)62(48-20-10-4-11-21-48)49-22-12-5-13-23-49/h2-40H,1H3. The number of nitrogens with zero attached hydrogens (tertiary/aromatic N) is 4. The van der Waals surface area contributed by atoms with Crippen molar-refractivity contribution in [3.8, 4) is 61.8 Å². The van der Waals surface area contributed by atoms with Crippen molar-refractivity contribution in [3.05, 3.63) is 242 Å². The zero-order valence-corrected chi connectivity index (χ0v) is 34.8. The first-order valence-electron chi connectivity index (χ1n) is 21.4. The van der Waals surface area contributed by atoms with Gasteiger partial charge in [0.15, 0.2) is 5.82 Å². The molecule has 0 spiro atoms. The lowest BCUT2D eigenvalue weighted by atomic mass is 9.94. The molecule has 11 aromatic rings. The molecule has 0 amide bonds. The molecular weight excluding hydrogens is 765 g/mol. The van der Waals surface area contributed by atoms with E-state index in [1.54, 1.807) is 0 Å². The number of aryl methyl sites for hydroxylation is 1. The van der Waals surface area contributed by atoms with E-state index in [-0.39, 0.29) is 0 Å². The van der Waals surface area contributed by atoms with Crippen molar-refractivity contribution in [2.45, 2.75) is 6.92 Å². The van der Waals surface area contributed by atoms with E-state index >= 15 is 0 Å². The van der Waals surface area contributed by atoms with Gasteiger partial charge in [0.25, 0.3) is 0 Å². The highest BCUT2D eigenvalue weighted by Gasteiger charge is 2.18. The third kappa shape index (κ3) is 7.24. The first-order chi connectivity index (χ1) is 31.1. The van der Waals surface area contributed by atoms with Crippen LogP contribution in [-0.4, -0.2) is 14.5 Å². The minimum atomic E-state index is 0.717. The van der Waals surface area contributed by atoms with Gasteiger partial charge in [-0.1, -0.05) is 170 Å². The van der Waals surface area contributed by atoms with Crippen LogP contribution < -0.4 is 4.90 Å². The SMILES string of the molecule is Cc1cc(-c2ccc(-n3c4ccccc4c4cc(N(c5ccccc5)c5ccccc5)ccc43)cc2)ccc1-c1ccc(-c2cc(-c3ccccc3)nc(-c3ccccc3)n2)cc1. The second-order valence-corrected chi connectivity index (χ2v) is 15.9. The van der Waals surface area contributed by atoms with Crippen LogP contribution in [0.15, 0.2) is 237 Å². The highest BCUT2D eigenvalue weighted by atomic mass is 15.1. The van der Waals surface area contributed by atoms with Crippen molar-refractivity contribution in [2.24, 2.45) is 0 Å². The van der Waals surface area contributed by atoms with E-state index in [9.17, 15) is 0 Å². The summed E-state index contributed by atoms with van der Waals surface area (Å²) in [6.45, 7) is 2.20. The number of rotatable bonds is 9. The molecule has 63 heavy (non-hydrogen) atoms. The summed E-state index contributed by atoms with van der Waals surface area (Å²) in [5, 5.41) is 2.44.